The van der Waals surface area contributed by atoms with E-state index in [1.165, 1.54) is 26.0 Å². The highest BCUT2D eigenvalue weighted by atomic mass is 19.4. The first-order valence-corrected chi connectivity index (χ1v) is 8.21. The zero-order chi connectivity index (χ0) is 20.4. The second-order valence-electron chi connectivity index (χ2n) is 6.47. The third kappa shape index (κ3) is 4.79. The van der Waals surface area contributed by atoms with Crippen molar-refractivity contribution in [2.45, 2.75) is 26.6 Å². The van der Waals surface area contributed by atoms with Gasteiger partial charge in [0, 0.05) is 36.7 Å². The predicted molar refractivity (Wildman–Crippen MR) is 98.7 cm³/mol. The SMILES string of the molecule is Cc1cc(C(=O)/C(C#N)=C/c2ccc(N(C)C)cc2)c(C)n1CC(F)(F)F. The number of nitrogens with zero attached hydrogens (tertiary/aromatic N) is 3. The number of aromatic nitrogens is 1. The maximum Gasteiger partial charge on any atom is 0.406 e. The van der Waals surface area contributed by atoms with Crippen LogP contribution in [0, 0.1) is 25.2 Å². The van der Waals surface area contributed by atoms with Crippen molar-refractivity contribution in [2.24, 2.45) is 0 Å². The number of ketones is 1. The molecule has 0 aliphatic heterocycles. The predicted octanol–water partition coefficient (Wildman–Crippen LogP) is 4.52. The van der Waals surface area contributed by atoms with Crippen LogP contribution in [-0.4, -0.2) is 30.6 Å². The molecule has 1 aromatic carbocycles. The van der Waals surface area contributed by atoms with Gasteiger partial charge < -0.3 is 9.47 Å². The van der Waals surface area contributed by atoms with E-state index in [4.69, 9.17) is 0 Å². The molecule has 0 bridgehead atoms. The summed E-state index contributed by atoms with van der Waals surface area (Å²) in [5, 5.41) is 9.38. The van der Waals surface area contributed by atoms with E-state index in [2.05, 4.69) is 0 Å². The first-order valence-electron chi connectivity index (χ1n) is 8.21. The number of carbonyl (C=O) groups excluding carboxylic acids is 1. The Balaban J connectivity index is 2.37. The van der Waals surface area contributed by atoms with Crippen molar-refractivity contribution in [1.29, 1.82) is 5.26 Å². The molecular weight excluding hydrogens is 355 g/mol. The molecular formula is C20H20F3N3O. The van der Waals surface area contributed by atoms with Crippen molar-refractivity contribution < 1.29 is 18.0 Å². The van der Waals surface area contributed by atoms with Crippen molar-refractivity contribution in [3.63, 3.8) is 0 Å². The molecule has 0 aliphatic rings. The Labute approximate surface area is 156 Å². The zero-order valence-corrected chi connectivity index (χ0v) is 15.6. The molecule has 2 rings (SSSR count). The lowest BCUT2D eigenvalue weighted by molar-refractivity contribution is -0.141. The van der Waals surface area contributed by atoms with Gasteiger partial charge in [-0.2, -0.15) is 18.4 Å². The molecule has 1 aromatic heterocycles. The van der Waals surface area contributed by atoms with Crippen LogP contribution in [0.3, 0.4) is 0 Å². The zero-order valence-electron chi connectivity index (χ0n) is 15.6. The first-order chi connectivity index (χ1) is 12.5. The summed E-state index contributed by atoms with van der Waals surface area (Å²) in [4.78, 5) is 14.6. The molecule has 7 heteroatoms. The molecule has 0 N–H and O–H groups in total. The summed E-state index contributed by atoms with van der Waals surface area (Å²) < 4.78 is 39.3. The number of allylic oxidation sites excluding steroid dienone is 1. The molecule has 0 fully saturated rings. The largest absolute Gasteiger partial charge is 0.406 e. The number of anilines is 1. The van der Waals surface area contributed by atoms with E-state index in [1.807, 2.05) is 37.2 Å². The lowest BCUT2D eigenvalue weighted by Gasteiger charge is -2.12. The maximum absolute atomic E-state index is 12.7. The highest BCUT2D eigenvalue weighted by Gasteiger charge is 2.30. The third-order valence-electron chi connectivity index (χ3n) is 4.24. The van der Waals surface area contributed by atoms with Gasteiger partial charge in [-0.05, 0) is 43.7 Å². The summed E-state index contributed by atoms with van der Waals surface area (Å²) in [5.41, 5.74) is 2.12. The fourth-order valence-corrected chi connectivity index (χ4v) is 2.78. The minimum Gasteiger partial charge on any atom is -0.378 e. The first kappa shape index (κ1) is 20.3. The second kappa shape index (κ2) is 7.70. The fraction of sp³-hybridized carbons (Fsp3) is 0.300. The summed E-state index contributed by atoms with van der Waals surface area (Å²) in [6.07, 6.45) is -2.95. The Morgan fingerprint density at radius 1 is 1.22 bits per heavy atom. The number of nitriles is 1. The Hall–Kier alpha value is -3.01. The third-order valence-corrected chi connectivity index (χ3v) is 4.24. The van der Waals surface area contributed by atoms with Crippen LogP contribution in [0.2, 0.25) is 0 Å². The molecule has 4 nitrogen and oxygen atoms in total. The molecule has 0 saturated carbocycles. The molecule has 0 aliphatic carbocycles. The molecule has 27 heavy (non-hydrogen) atoms. The van der Waals surface area contributed by atoms with Crippen LogP contribution in [0.25, 0.3) is 6.08 Å². The molecule has 0 spiro atoms. The Kier molecular flexibility index (Phi) is 5.79. The van der Waals surface area contributed by atoms with Gasteiger partial charge in [-0.15, -0.1) is 0 Å². The van der Waals surface area contributed by atoms with E-state index in [1.54, 1.807) is 12.1 Å². The molecule has 2 aromatic rings. The number of aryl methyl sites for hydroxylation is 1. The van der Waals surface area contributed by atoms with Gasteiger partial charge in [0.05, 0.1) is 0 Å². The van der Waals surface area contributed by atoms with Crippen molar-refractivity contribution in [1.82, 2.24) is 4.57 Å². The van der Waals surface area contributed by atoms with Gasteiger partial charge in [0.15, 0.2) is 0 Å². The van der Waals surface area contributed by atoms with E-state index in [9.17, 15) is 23.2 Å². The van der Waals surface area contributed by atoms with E-state index in [-0.39, 0.29) is 16.8 Å². The normalized spacial score (nSPS) is 12.0. The maximum atomic E-state index is 12.7. The van der Waals surface area contributed by atoms with Gasteiger partial charge in [0.25, 0.3) is 0 Å². The van der Waals surface area contributed by atoms with E-state index >= 15 is 0 Å². The average molecular weight is 375 g/mol. The number of hydrogen-bond donors (Lipinski definition) is 0. The number of halogens is 3. The van der Waals surface area contributed by atoms with Crippen molar-refractivity contribution in [2.75, 3.05) is 19.0 Å². The van der Waals surface area contributed by atoms with Crippen molar-refractivity contribution >= 4 is 17.5 Å². The van der Waals surface area contributed by atoms with Crippen molar-refractivity contribution in [3.05, 3.63) is 58.4 Å². The van der Waals surface area contributed by atoms with Crippen LogP contribution >= 0.6 is 0 Å². The molecule has 0 unspecified atom stereocenters. The summed E-state index contributed by atoms with van der Waals surface area (Å²) >= 11 is 0. The molecule has 0 atom stereocenters. The van der Waals surface area contributed by atoms with Crippen LogP contribution in [0.4, 0.5) is 18.9 Å². The van der Waals surface area contributed by atoms with Crippen molar-refractivity contribution in [3.8, 4) is 6.07 Å². The number of carbonyl (C=O) groups is 1. The minimum absolute atomic E-state index is 0.106. The lowest BCUT2D eigenvalue weighted by atomic mass is 10.0. The highest BCUT2D eigenvalue weighted by molar-refractivity contribution is 6.14. The molecule has 142 valence electrons. The second-order valence-corrected chi connectivity index (χ2v) is 6.47. The quantitative estimate of drug-likeness (QED) is 0.438. The number of benzene rings is 1. The Morgan fingerprint density at radius 2 is 1.81 bits per heavy atom. The topological polar surface area (TPSA) is 49.0 Å². The number of alkyl halides is 3. The van der Waals surface area contributed by atoms with E-state index < -0.39 is 18.5 Å². The van der Waals surface area contributed by atoms with Crippen LogP contribution in [0.5, 0.6) is 0 Å². The Morgan fingerprint density at radius 3 is 2.30 bits per heavy atom. The van der Waals surface area contributed by atoms with Gasteiger partial charge in [-0.3, -0.25) is 4.79 Å². The van der Waals surface area contributed by atoms with Crippen LogP contribution in [0.15, 0.2) is 35.9 Å². The summed E-state index contributed by atoms with van der Waals surface area (Å²) in [6.45, 7) is 1.79. The van der Waals surface area contributed by atoms with Gasteiger partial charge in [0.2, 0.25) is 5.78 Å². The molecule has 0 amide bonds. The van der Waals surface area contributed by atoms with Crippen LogP contribution < -0.4 is 4.90 Å². The highest BCUT2D eigenvalue weighted by Crippen LogP contribution is 2.25. The molecule has 0 saturated heterocycles. The lowest BCUT2D eigenvalue weighted by Crippen LogP contribution is -2.19. The smallest absolute Gasteiger partial charge is 0.378 e. The van der Waals surface area contributed by atoms with Crippen LogP contribution in [0.1, 0.15) is 27.3 Å². The van der Waals surface area contributed by atoms with E-state index in [0.717, 1.165) is 10.3 Å². The summed E-state index contributed by atoms with van der Waals surface area (Å²) in [7, 11) is 3.79. The fourth-order valence-electron chi connectivity index (χ4n) is 2.78. The minimum atomic E-state index is -4.39. The van der Waals surface area contributed by atoms with Crippen LogP contribution in [-0.2, 0) is 6.54 Å². The average Bonchev–Trinajstić information content (AvgIpc) is 2.86. The van der Waals surface area contributed by atoms with Gasteiger partial charge in [-0.1, -0.05) is 12.1 Å². The number of rotatable bonds is 5. The van der Waals surface area contributed by atoms with E-state index in [0.29, 0.717) is 11.3 Å². The molecule has 0 radical (unpaired) electrons. The number of Topliss-reactive ketones (excluding diaryl/α,β-unsaturated/α-hetero) is 1. The number of hydrogen-bond acceptors (Lipinski definition) is 3. The Bertz CT molecular complexity index is 914. The summed E-state index contributed by atoms with van der Waals surface area (Å²) in [6, 6.07) is 10.5. The summed E-state index contributed by atoms with van der Waals surface area (Å²) in [5.74, 6) is -0.587. The molecule has 1 heterocycles. The van der Waals surface area contributed by atoms with Gasteiger partial charge >= 0.3 is 6.18 Å². The van der Waals surface area contributed by atoms with Gasteiger partial charge in [0.1, 0.15) is 18.2 Å². The monoisotopic (exact) mass is 375 g/mol. The standard InChI is InChI=1S/C20H20F3N3O/c1-13-9-18(14(2)26(13)12-20(21,22)23)19(27)16(11-24)10-15-5-7-17(8-6-15)25(3)4/h5-10H,12H2,1-4H3/b16-10+. The van der Waals surface area contributed by atoms with Gasteiger partial charge in [-0.25, -0.2) is 0 Å².